The number of hydrogen-bond acceptors (Lipinski definition) is 1. The van der Waals surface area contributed by atoms with Crippen LogP contribution >= 0.6 is 11.8 Å². The van der Waals surface area contributed by atoms with Gasteiger partial charge < -0.3 is 0 Å². The van der Waals surface area contributed by atoms with Crippen molar-refractivity contribution in [1.29, 1.82) is 0 Å². The second-order valence-electron chi connectivity index (χ2n) is 3.51. The molecule has 1 heteroatoms. The maximum Gasteiger partial charge on any atom is 0.00467 e. The van der Waals surface area contributed by atoms with Crippen molar-refractivity contribution < 1.29 is 0 Å². The predicted molar refractivity (Wildman–Crippen MR) is 49.5 cm³/mol. The monoisotopic (exact) mass is 158 g/mol. The van der Waals surface area contributed by atoms with Crippen molar-refractivity contribution in [3.63, 3.8) is 0 Å². The second-order valence-corrected chi connectivity index (χ2v) is 4.73. The Morgan fingerprint density at radius 2 is 2.10 bits per heavy atom. The molecule has 0 aromatic rings. The van der Waals surface area contributed by atoms with Gasteiger partial charge in [-0.2, -0.15) is 11.8 Å². The van der Waals surface area contributed by atoms with Crippen molar-refractivity contribution in [2.24, 2.45) is 11.8 Å². The molecule has 10 heavy (non-hydrogen) atoms. The van der Waals surface area contributed by atoms with E-state index in [1.165, 1.54) is 19.3 Å². The van der Waals surface area contributed by atoms with Crippen LogP contribution in [0.3, 0.4) is 0 Å². The summed E-state index contributed by atoms with van der Waals surface area (Å²) >= 11 is 2.03. The van der Waals surface area contributed by atoms with Gasteiger partial charge in [-0.3, -0.25) is 0 Å². The molecule has 0 spiro atoms. The molecule has 0 radical (unpaired) electrons. The summed E-state index contributed by atoms with van der Waals surface area (Å²) in [5.74, 6) is 2.00. The Morgan fingerprint density at radius 1 is 1.40 bits per heavy atom. The molecule has 3 atom stereocenters. The van der Waals surface area contributed by atoms with Crippen molar-refractivity contribution in [2.45, 2.75) is 38.4 Å². The number of thioether (sulfide) groups is 1. The highest BCUT2D eigenvalue weighted by Crippen LogP contribution is 2.37. The molecule has 3 unspecified atom stereocenters. The van der Waals surface area contributed by atoms with E-state index >= 15 is 0 Å². The van der Waals surface area contributed by atoms with E-state index in [1.807, 2.05) is 11.8 Å². The molecule has 0 aliphatic heterocycles. The minimum Gasteiger partial charge on any atom is -0.162 e. The average Bonchev–Trinajstić information content (AvgIpc) is 2.34. The van der Waals surface area contributed by atoms with Crippen LogP contribution in [0.15, 0.2) is 0 Å². The highest BCUT2D eigenvalue weighted by Gasteiger charge is 2.27. The largest absolute Gasteiger partial charge is 0.162 e. The Kier molecular flexibility index (Phi) is 3.09. The lowest BCUT2D eigenvalue weighted by Crippen LogP contribution is -2.15. The molecule has 0 aromatic heterocycles. The van der Waals surface area contributed by atoms with Gasteiger partial charge in [0.25, 0.3) is 0 Å². The minimum absolute atomic E-state index is 0.887. The first-order valence-electron chi connectivity index (χ1n) is 4.28. The molecule has 1 saturated carbocycles. The van der Waals surface area contributed by atoms with Gasteiger partial charge in [-0.1, -0.05) is 26.7 Å². The Balaban J connectivity index is 2.38. The Morgan fingerprint density at radius 3 is 2.50 bits per heavy atom. The lowest BCUT2D eigenvalue weighted by molar-refractivity contribution is 0.417. The van der Waals surface area contributed by atoms with Crippen LogP contribution in [-0.4, -0.2) is 11.5 Å². The van der Waals surface area contributed by atoms with E-state index in [4.69, 9.17) is 0 Å². The fourth-order valence-electron chi connectivity index (χ4n) is 2.05. The Labute approximate surface area is 68.8 Å². The van der Waals surface area contributed by atoms with Crippen LogP contribution in [0.2, 0.25) is 0 Å². The van der Waals surface area contributed by atoms with Crippen molar-refractivity contribution in [3.8, 4) is 0 Å². The van der Waals surface area contributed by atoms with Gasteiger partial charge >= 0.3 is 0 Å². The molecule has 0 heterocycles. The SMILES string of the molecule is CSC(C)C1CCCC1C. The first-order valence-corrected chi connectivity index (χ1v) is 5.57. The molecule has 0 saturated heterocycles. The van der Waals surface area contributed by atoms with Crippen LogP contribution < -0.4 is 0 Å². The molecule has 1 fully saturated rings. The van der Waals surface area contributed by atoms with E-state index in [-0.39, 0.29) is 0 Å². The van der Waals surface area contributed by atoms with Gasteiger partial charge in [0.05, 0.1) is 0 Å². The predicted octanol–water partition coefficient (Wildman–Crippen LogP) is 3.17. The first-order chi connectivity index (χ1) is 4.75. The molecule has 1 rings (SSSR count). The maximum absolute atomic E-state index is 2.41. The molecular formula is C9H18S. The van der Waals surface area contributed by atoms with Gasteiger partial charge in [-0.05, 0) is 24.5 Å². The summed E-state index contributed by atoms with van der Waals surface area (Å²) in [6.45, 7) is 4.78. The Hall–Kier alpha value is 0.350. The molecule has 0 N–H and O–H groups in total. The van der Waals surface area contributed by atoms with Crippen LogP contribution in [0, 0.1) is 11.8 Å². The highest BCUT2D eigenvalue weighted by molar-refractivity contribution is 7.99. The van der Waals surface area contributed by atoms with Crippen LogP contribution in [0.4, 0.5) is 0 Å². The molecule has 0 aromatic carbocycles. The van der Waals surface area contributed by atoms with E-state index < -0.39 is 0 Å². The van der Waals surface area contributed by atoms with Gasteiger partial charge in [0, 0.05) is 5.25 Å². The molecule has 60 valence electrons. The normalized spacial score (nSPS) is 36.3. The average molecular weight is 158 g/mol. The fraction of sp³-hybridized carbons (Fsp3) is 1.00. The summed E-state index contributed by atoms with van der Waals surface area (Å²) in [6, 6.07) is 0. The third-order valence-electron chi connectivity index (χ3n) is 2.90. The smallest absolute Gasteiger partial charge is 0.00467 e. The zero-order valence-corrected chi connectivity index (χ0v) is 8.08. The quantitative estimate of drug-likeness (QED) is 0.595. The van der Waals surface area contributed by atoms with Crippen LogP contribution in [0.5, 0.6) is 0 Å². The molecule has 0 nitrogen and oxygen atoms in total. The van der Waals surface area contributed by atoms with Gasteiger partial charge in [-0.15, -0.1) is 0 Å². The summed E-state index contributed by atoms with van der Waals surface area (Å²) in [4.78, 5) is 0. The summed E-state index contributed by atoms with van der Waals surface area (Å²) in [5.41, 5.74) is 0. The zero-order chi connectivity index (χ0) is 7.56. The van der Waals surface area contributed by atoms with Gasteiger partial charge in [0.15, 0.2) is 0 Å². The van der Waals surface area contributed by atoms with E-state index in [0.29, 0.717) is 0 Å². The summed E-state index contributed by atoms with van der Waals surface area (Å²) in [6.07, 6.45) is 6.64. The van der Waals surface area contributed by atoms with Crippen molar-refractivity contribution >= 4 is 11.8 Å². The van der Waals surface area contributed by atoms with Crippen molar-refractivity contribution in [3.05, 3.63) is 0 Å². The number of hydrogen-bond donors (Lipinski definition) is 0. The van der Waals surface area contributed by atoms with Crippen LogP contribution in [0.25, 0.3) is 0 Å². The maximum atomic E-state index is 2.41. The molecule has 0 bridgehead atoms. The van der Waals surface area contributed by atoms with Crippen molar-refractivity contribution in [2.75, 3.05) is 6.26 Å². The van der Waals surface area contributed by atoms with Crippen LogP contribution in [-0.2, 0) is 0 Å². The van der Waals surface area contributed by atoms with E-state index in [9.17, 15) is 0 Å². The number of rotatable bonds is 2. The minimum atomic E-state index is 0.887. The lowest BCUT2D eigenvalue weighted by Gasteiger charge is -2.20. The Bertz CT molecular complexity index is 101. The highest BCUT2D eigenvalue weighted by atomic mass is 32.2. The zero-order valence-electron chi connectivity index (χ0n) is 7.26. The van der Waals surface area contributed by atoms with Gasteiger partial charge in [0.1, 0.15) is 0 Å². The molecule has 1 aliphatic carbocycles. The summed E-state index contributed by atoms with van der Waals surface area (Å²) in [5, 5.41) is 0.887. The van der Waals surface area contributed by atoms with Crippen molar-refractivity contribution in [1.82, 2.24) is 0 Å². The van der Waals surface area contributed by atoms with E-state index in [0.717, 1.165) is 17.1 Å². The second kappa shape index (κ2) is 3.66. The summed E-state index contributed by atoms with van der Waals surface area (Å²) < 4.78 is 0. The standard InChI is InChI=1S/C9H18S/c1-7-5-4-6-9(7)8(2)10-3/h7-9H,4-6H2,1-3H3. The molecule has 0 amide bonds. The topological polar surface area (TPSA) is 0 Å². The third kappa shape index (κ3) is 1.69. The third-order valence-corrected chi connectivity index (χ3v) is 4.00. The lowest BCUT2D eigenvalue weighted by atomic mass is 9.95. The van der Waals surface area contributed by atoms with E-state index in [1.54, 1.807) is 0 Å². The molecule has 1 aliphatic rings. The molecular weight excluding hydrogens is 140 g/mol. The fourth-order valence-corrected chi connectivity index (χ4v) is 2.80. The first kappa shape index (κ1) is 8.45. The van der Waals surface area contributed by atoms with Gasteiger partial charge in [0.2, 0.25) is 0 Å². The van der Waals surface area contributed by atoms with Crippen LogP contribution in [0.1, 0.15) is 33.1 Å². The van der Waals surface area contributed by atoms with E-state index in [2.05, 4.69) is 20.1 Å². The van der Waals surface area contributed by atoms with Gasteiger partial charge in [-0.25, -0.2) is 0 Å². The summed E-state index contributed by atoms with van der Waals surface area (Å²) in [7, 11) is 0.